The Balaban J connectivity index is 2.29. The van der Waals surface area contributed by atoms with Gasteiger partial charge in [0, 0.05) is 6.54 Å². The Hall–Kier alpha value is -0.390. The summed E-state index contributed by atoms with van der Waals surface area (Å²) in [4.78, 5) is 2.21. The monoisotopic (exact) mass is 356 g/mol. The van der Waals surface area contributed by atoms with Crippen molar-refractivity contribution < 1.29 is 0 Å². The molecule has 4 nitrogen and oxygen atoms in total. The van der Waals surface area contributed by atoms with Gasteiger partial charge in [-0.15, -0.1) is 0 Å². The Morgan fingerprint density at radius 1 is 1.43 bits per heavy atom. The van der Waals surface area contributed by atoms with Crippen LogP contribution < -0.4 is 5.32 Å². The second kappa shape index (κ2) is 7.25. The van der Waals surface area contributed by atoms with Crippen LogP contribution in [0.3, 0.4) is 0 Å². The topological polar surface area (TPSA) is 33.1 Å². The minimum absolute atomic E-state index is 0.342. The Labute approximate surface area is 137 Å². The fraction of sp³-hybridized carbons (Fsp3) is 0.812. The van der Waals surface area contributed by atoms with Crippen molar-refractivity contribution in [1.29, 1.82) is 0 Å². The highest BCUT2D eigenvalue weighted by Gasteiger charge is 2.40. The van der Waals surface area contributed by atoms with E-state index in [4.69, 9.17) is 0 Å². The van der Waals surface area contributed by atoms with Crippen LogP contribution in [0.5, 0.6) is 0 Å². The first kappa shape index (κ1) is 17.0. The van der Waals surface area contributed by atoms with Crippen LogP contribution in [0.15, 0.2) is 10.7 Å². The quantitative estimate of drug-likeness (QED) is 0.812. The van der Waals surface area contributed by atoms with Crippen LogP contribution in [0, 0.1) is 5.41 Å². The first-order valence-corrected chi connectivity index (χ1v) is 8.86. The molecule has 0 aromatic carbocycles. The fourth-order valence-electron chi connectivity index (χ4n) is 3.48. The van der Waals surface area contributed by atoms with Crippen LogP contribution >= 0.6 is 15.9 Å². The summed E-state index contributed by atoms with van der Waals surface area (Å²) < 4.78 is 3.32. The normalized spacial score (nSPS) is 19.3. The number of nitrogens with zero attached hydrogens (tertiary/aromatic N) is 3. The van der Waals surface area contributed by atoms with Gasteiger partial charge in [-0.3, -0.25) is 4.68 Å². The Morgan fingerprint density at radius 3 is 2.67 bits per heavy atom. The van der Waals surface area contributed by atoms with Crippen molar-refractivity contribution in [1.82, 2.24) is 20.0 Å². The molecular formula is C16H29BrN4. The van der Waals surface area contributed by atoms with Crippen molar-refractivity contribution >= 4 is 15.9 Å². The third kappa shape index (κ3) is 3.88. The molecule has 0 aliphatic heterocycles. The summed E-state index contributed by atoms with van der Waals surface area (Å²) >= 11 is 3.73. The minimum atomic E-state index is 0.342. The summed E-state index contributed by atoms with van der Waals surface area (Å²) in [6.07, 6.45) is 7.25. The molecule has 5 heteroatoms. The molecule has 1 aromatic rings. The third-order valence-electron chi connectivity index (χ3n) is 4.72. The van der Waals surface area contributed by atoms with Crippen LogP contribution in [0.1, 0.15) is 51.3 Å². The van der Waals surface area contributed by atoms with E-state index in [1.165, 1.54) is 31.4 Å². The maximum Gasteiger partial charge on any atom is 0.0701 e. The summed E-state index contributed by atoms with van der Waals surface area (Å²) in [6.45, 7) is 7.57. The van der Waals surface area contributed by atoms with Gasteiger partial charge in [-0.1, -0.05) is 26.7 Å². The smallest absolute Gasteiger partial charge is 0.0701 e. The van der Waals surface area contributed by atoms with Crippen LogP contribution in [0.25, 0.3) is 0 Å². The van der Waals surface area contributed by atoms with Gasteiger partial charge in [-0.2, -0.15) is 5.10 Å². The summed E-state index contributed by atoms with van der Waals surface area (Å²) in [5.41, 5.74) is 1.66. The van der Waals surface area contributed by atoms with Gasteiger partial charge >= 0.3 is 0 Å². The lowest BCUT2D eigenvalue weighted by molar-refractivity contribution is 0.212. The molecular weight excluding hydrogens is 328 g/mol. The van der Waals surface area contributed by atoms with E-state index in [9.17, 15) is 0 Å². The van der Waals surface area contributed by atoms with Crippen molar-refractivity contribution in [3.05, 3.63) is 16.4 Å². The molecule has 0 saturated heterocycles. The molecule has 1 aliphatic carbocycles. The summed E-state index contributed by atoms with van der Waals surface area (Å²) in [5.74, 6) is 0. The Bertz CT molecular complexity index is 449. The van der Waals surface area contributed by atoms with Crippen molar-refractivity contribution in [3.63, 3.8) is 0 Å². The second-order valence-electron chi connectivity index (χ2n) is 6.76. The highest BCUT2D eigenvalue weighted by Crippen LogP contribution is 2.48. The van der Waals surface area contributed by atoms with Crippen LogP contribution in [-0.4, -0.2) is 41.9 Å². The van der Waals surface area contributed by atoms with Crippen molar-refractivity contribution in [2.75, 3.05) is 27.2 Å². The lowest BCUT2D eigenvalue weighted by Crippen LogP contribution is -2.37. The summed E-state index contributed by atoms with van der Waals surface area (Å²) in [7, 11) is 4.22. The van der Waals surface area contributed by atoms with Crippen molar-refractivity contribution in [3.8, 4) is 0 Å². The van der Waals surface area contributed by atoms with Gasteiger partial charge in [0.1, 0.15) is 0 Å². The van der Waals surface area contributed by atoms with E-state index in [0.29, 0.717) is 11.5 Å². The van der Waals surface area contributed by atoms with E-state index in [1.807, 2.05) is 6.20 Å². The zero-order valence-electron chi connectivity index (χ0n) is 13.8. The van der Waals surface area contributed by atoms with Gasteiger partial charge in [0.2, 0.25) is 0 Å². The molecule has 2 rings (SSSR count). The average molecular weight is 357 g/mol. The number of hydrogen-bond donors (Lipinski definition) is 1. The number of rotatable bonds is 7. The van der Waals surface area contributed by atoms with Crippen LogP contribution in [0.4, 0.5) is 0 Å². The van der Waals surface area contributed by atoms with E-state index in [1.54, 1.807) is 0 Å². The van der Waals surface area contributed by atoms with Gasteiger partial charge in [-0.05, 0) is 54.8 Å². The molecule has 1 fully saturated rings. The molecule has 1 heterocycles. The SMILES string of the molecule is CCNC(c1c(Br)cnn1CCN(C)C)C1(C)CCCC1. The van der Waals surface area contributed by atoms with E-state index in [0.717, 1.165) is 24.1 Å². The van der Waals surface area contributed by atoms with Gasteiger partial charge in [0.25, 0.3) is 0 Å². The van der Waals surface area contributed by atoms with E-state index >= 15 is 0 Å². The maximum absolute atomic E-state index is 4.60. The number of hydrogen-bond acceptors (Lipinski definition) is 3. The molecule has 0 radical (unpaired) electrons. The second-order valence-corrected chi connectivity index (χ2v) is 7.61. The Morgan fingerprint density at radius 2 is 2.10 bits per heavy atom. The molecule has 1 saturated carbocycles. The molecule has 1 aliphatic rings. The molecule has 1 unspecified atom stereocenters. The predicted octanol–water partition coefficient (Wildman–Crippen LogP) is 3.44. The summed E-state index contributed by atoms with van der Waals surface area (Å²) in [5, 5.41) is 8.33. The maximum atomic E-state index is 4.60. The van der Waals surface area contributed by atoms with Gasteiger partial charge < -0.3 is 10.2 Å². The highest BCUT2D eigenvalue weighted by atomic mass is 79.9. The lowest BCUT2D eigenvalue weighted by Gasteiger charge is -2.35. The van der Waals surface area contributed by atoms with Crippen molar-refractivity contribution in [2.24, 2.45) is 5.41 Å². The minimum Gasteiger partial charge on any atom is -0.308 e. The fourth-order valence-corrected chi connectivity index (χ4v) is 4.01. The van der Waals surface area contributed by atoms with Gasteiger partial charge in [0.15, 0.2) is 0 Å². The zero-order valence-corrected chi connectivity index (χ0v) is 15.4. The van der Waals surface area contributed by atoms with Crippen LogP contribution in [0.2, 0.25) is 0 Å². The molecule has 0 spiro atoms. The van der Waals surface area contributed by atoms with Crippen LogP contribution in [-0.2, 0) is 6.54 Å². The lowest BCUT2D eigenvalue weighted by atomic mass is 9.79. The predicted molar refractivity (Wildman–Crippen MR) is 91.5 cm³/mol. The molecule has 0 bridgehead atoms. The molecule has 0 amide bonds. The molecule has 1 atom stereocenters. The Kier molecular flexibility index (Phi) is 5.86. The van der Waals surface area contributed by atoms with Crippen molar-refractivity contribution in [2.45, 2.75) is 52.1 Å². The first-order valence-electron chi connectivity index (χ1n) is 8.07. The number of likely N-dealkylation sites (N-methyl/N-ethyl adjacent to an activating group) is 1. The van der Waals surface area contributed by atoms with E-state index in [2.05, 4.69) is 63.9 Å². The number of halogens is 1. The van der Waals surface area contributed by atoms with E-state index in [-0.39, 0.29) is 0 Å². The van der Waals surface area contributed by atoms with E-state index < -0.39 is 0 Å². The average Bonchev–Trinajstić information content (AvgIpc) is 3.01. The standard InChI is InChI=1S/C16H29BrN4/c1-5-18-15(16(2)8-6-7-9-16)14-13(17)12-19-21(14)11-10-20(3)4/h12,15,18H,5-11H2,1-4H3. The number of aromatic nitrogens is 2. The third-order valence-corrected chi connectivity index (χ3v) is 5.33. The van der Waals surface area contributed by atoms with Gasteiger partial charge in [-0.25, -0.2) is 0 Å². The largest absolute Gasteiger partial charge is 0.308 e. The molecule has 120 valence electrons. The highest BCUT2D eigenvalue weighted by molar-refractivity contribution is 9.10. The van der Waals surface area contributed by atoms with Gasteiger partial charge in [0.05, 0.1) is 29.0 Å². The first-order chi connectivity index (χ1) is 9.98. The molecule has 1 N–H and O–H groups in total. The summed E-state index contributed by atoms with van der Waals surface area (Å²) in [6, 6.07) is 0.379. The zero-order chi connectivity index (χ0) is 15.5. The molecule has 21 heavy (non-hydrogen) atoms. The molecule has 1 aromatic heterocycles. The number of nitrogens with one attached hydrogen (secondary N) is 1.